The summed E-state index contributed by atoms with van der Waals surface area (Å²) >= 11 is 0. The number of benzene rings is 1. The van der Waals surface area contributed by atoms with Gasteiger partial charge in [-0.1, -0.05) is 17.7 Å². The Morgan fingerprint density at radius 1 is 1.37 bits per heavy atom. The summed E-state index contributed by atoms with van der Waals surface area (Å²) in [7, 11) is 0. The van der Waals surface area contributed by atoms with Crippen molar-refractivity contribution in [1.82, 2.24) is 0 Å². The van der Waals surface area contributed by atoms with Gasteiger partial charge in [0.1, 0.15) is 0 Å². The summed E-state index contributed by atoms with van der Waals surface area (Å²) in [5.74, 6) is -2.34. The highest BCUT2D eigenvalue weighted by molar-refractivity contribution is 5.98. The van der Waals surface area contributed by atoms with Gasteiger partial charge < -0.3 is 4.74 Å². The Labute approximate surface area is 107 Å². The molecule has 0 saturated heterocycles. The summed E-state index contributed by atoms with van der Waals surface area (Å²) in [5.41, 5.74) is -2.09. The van der Waals surface area contributed by atoms with Crippen molar-refractivity contribution in [3.63, 3.8) is 0 Å². The van der Waals surface area contributed by atoms with Crippen LogP contribution in [0.1, 0.15) is 28.4 Å². The number of alkyl halides is 3. The van der Waals surface area contributed by atoms with E-state index in [9.17, 15) is 22.8 Å². The van der Waals surface area contributed by atoms with E-state index in [1.807, 2.05) is 0 Å². The van der Waals surface area contributed by atoms with Gasteiger partial charge in [-0.05, 0) is 25.5 Å². The van der Waals surface area contributed by atoms with Crippen molar-refractivity contribution in [3.8, 4) is 0 Å². The number of aryl methyl sites for hydroxylation is 1. The first kappa shape index (κ1) is 13.6. The number of ketones is 1. The van der Waals surface area contributed by atoms with Crippen molar-refractivity contribution >= 4 is 11.8 Å². The summed E-state index contributed by atoms with van der Waals surface area (Å²) in [5, 5.41) is 0. The van der Waals surface area contributed by atoms with Gasteiger partial charge in [0.05, 0.1) is 5.56 Å². The first-order valence-electron chi connectivity index (χ1n) is 5.58. The second-order valence-corrected chi connectivity index (χ2v) is 4.61. The van der Waals surface area contributed by atoms with E-state index in [1.165, 1.54) is 12.1 Å². The van der Waals surface area contributed by atoms with Gasteiger partial charge in [0.2, 0.25) is 0 Å². The molecule has 1 atom stereocenters. The Kier molecular flexibility index (Phi) is 2.91. The lowest BCUT2D eigenvalue weighted by molar-refractivity contribution is -0.250. The maximum absolute atomic E-state index is 13.1. The van der Waals surface area contributed by atoms with Crippen LogP contribution in [0.3, 0.4) is 0 Å². The van der Waals surface area contributed by atoms with Crippen molar-refractivity contribution in [3.05, 3.63) is 34.9 Å². The Balaban J connectivity index is 2.60. The third kappa shape index (κ3) is 2.01. The van der Waals surface area contributed by atoms with Gasteiger partial charge in [0, 0.05) is 6.42 Å². The molecule has 1 aliphatic rings. The van der Waals surface area contributed by atoms with Crippen LogP contribution in [0.5, 0.6) is 0 Å². The molecule has 1 aromatic carbocycles. The molecule has 1 aliphatic heterocycles. The van der Waals surface area contributed by atoms with Gasteiger partial charge in [-0.25, -0.2) is 4.79 Å². The van der Waals surface area contributed by atoms with Gasteiger partial charge >= 0.3 is 12.1 Å². The summed E-state index contributed by atoms with van der Waals surface area (Å²) < 4.78 is 43.8. The summed E-state index contributed by atoms with van der Waals surface area (Å²) in [6.07, 6.45) is -5.61. The largest absolute Gasteiger partial charge is 0.437 e. The number of carbonyl (C=O) groups is 2. The number of ether oxygens (including phenoxy) is 1. The minimum atomic E-state index is -4.93. The quantitative estimate of drug-likeness (QED) is 0.738. The van der Waals surface area contributed by atoms with E-state index >= 15 is 0 Å². The van der Waals surface area contributed by atoms with Crippen LogP contribution >= 0.6 is 0 Å². The van der Waals surface area contributed by atoms with Crippen molar-refractivity contribution in [2.75, 3.05) is 0 Å². The van der Waals surface area contributed by atoms with E-state index in [4.69, 9.17) is 0 Å². The fourth-order valence-electron chi connectivity index (χ4n) is 2.14. The Morgan fingerprint density at radius 3 is 2.53 bits per heavy atom. The number of esters is 1. The number of cyclic esters (lactones) is 1. The second kappa shape index (κ2) is 4.08. The molecule has 0 bridgehead atoms. The molecule has 1 heterocycles. The summed E-state index contributed by atoms with van der Waals surface area (Å²) in [6, 6.07) is 4.49. The molecule has 0 radical (unpaired) electrons. The molecule has 6 heteroatoms. The molecule has 0 fully saturated rings. The maximum Gasteiger partial charge on any atom is 0.436 e. The standard InChI is InChI=1S/C13H11F3O3/c1-7-3-4-10-9(5-7)6-12(8(2)17,13(14,15)16)19-11(10)18/h3-5H,6H2,1-2H3. The molecule has 1 aromatic rings. The number of hydrogen-bond donors (Lipinski definition) is 0. The molecule has 19 heavy (non-hydrogen) atoms. The van der Waals surface area contributed by atoms with Gasteiger partial charge in [-0.2, -0.15) is 13.2 Å². The number of Topliss-reactive ketones (excluding diaryl/α,β-unsaturated/α-hetero) is 1. The maximum atomic E-state index is 13.1. The van der Waals surface area contributed by atoms with E-state index in [0.717, 1.165) is 6.92 Å². The van der Waals surface area contributed by atoms with Crippen molar-refractivity contribution in [2.24, 2.45) is 0 Å². The minimum absolute atomic E-state index is 0.0757. The molecule has 2 rings (SSSR count). The molecule has 0 aliphatic carbocycles. The highest BCUT2D eigenvalue weighted by atomic mass is 19.4. The zero-order valence-electron chi connectivity index (χ0n) is 10.3. The lowest BCUT2D eigenvalue weighted by Crippen LogP contribution is -2.58. The smallest absolute Gasteiger partial charge is 0.436 e. The number of hydrogen-bond acceptors (Lipinski definition) is 3. The molecule has 0 spiro atoms. The fourth-order valence-corrected chi connectivity index (χ4v) is 2.14. The normalized spacial score (nSPS) is 22.7. The molecule has 0 N–H and O–H groups in total. The monoisotopic (exact) mass is 272 g/mol. The zero-order valence-corrected chi connectivity index (χ0v) is 10.3. The summed E-state index contributed by atoms with van der Waals surface area (Å²) in [4.78, 5) is 23.1. The highest BCUT2D eigenvalue weighted by Gasteiger charge is 2.63. The van der Waals surface area contributed by atoms with Gasteiger partial charge in [0.25, 0.3) is 5.60 Å². The van der Waals surface area contributed by atoms with E-state index in [1.54, 1.807) is 13.0 Å². The summed E-state index contributed by atoms with van der Waals surface area (Å²) in [6.45, 7) is 2.48. The molecule has 0 aromatic heterocycles. The second-order valence-electron chi connectivity index (χ2n) is 4.61. The van der Waals surface area contributed by atoms with Crippen molar-refractivity contribution in [2.45, 2.75) is 32.0 Å². The highest BCUT2D eigenvalue weighted by Crippen LogP contribution is 2.41. The van der Waals surface area contributed by atoms with Crippen LogP contribution in [-0.2, 0) is 16.0 Å². The van der Waals surface area contributed by atoms with Crippen molar-refractivity contribution in [1.29, 1.82) is 0 Å². The Morgan fingerprint density at radius 2 is 2.00 bits per heavy atom. The van der Waals surface area contributed by atoms with Gasteiger partial charge in [0.15, 0.2) is 5.78 Å². The lowest BCUT2D eigenvalue weighted by atomic mass is 9.84. The molecule has 0 saturated carbocycles. The van der Waals surface area contributed by atoms with E-state index in [-0.39, 0.29) is 11.1 Å². The van der Waals surface area contributed by atoms with Crippen molar-refractivity contribution < 1.29 is 27.5 Å². The lowest BCUT2D eigenvalue weighted by Gasteiger charge is -2.36. The average Bonchev–Trinajstić information content (AvgIpc) is 2.26. The van der Waals surface area contributed by atoms with Crippen LogP contribution in [-0.4, -0.2) is 23.5 Å². The average molecular weight is 272 g/mol. The van der Waals surface area contributed by atoms with E-state index in [0.29, 0.717) is 5.56 Å². The molecule has 0 amide bonds. The topological polar surface area (TPSA) is 43.4 Å². The van der Waals surface area contributed by atoms with Crippen LogP contribution in [0.4, 0.5) is 13.2 Å². The molecule has 3 nitrogen and oxygen atoms in total. The molecular weight excluding hydrogens is 261 g/mol. The van der Waals surface area contributed by atoms with E-state index < -0.39 is 30.0 Å². The number of carbonyl (C=O) groups excluding carboxylic acids is 2. The van der Waals surface area contributed by atoms with E-state index in [2.05, 4.69) is 4.74 Å². The number of fused-ring (bicyclic) bond motifs is 1. The molecule has 1 unspecified atom stereocenters. The third-order valence-electron chi connectivity index (χ3n) is 3.21. The first-order chi connectivity index (χ1) is 8.67. The minimum Gasteiger partial charge on any atom is -0.437 e. The number of halogens is 3. The number of rotatable bonds is 1. The predicted molar refractivity (Wildman–Crippen MR) is 59.8 cm³/mol. The van der Waals surface area contributed by atoms with Gasteiger partial charge in [-0.3, -0.25) is 4.79 Å². The van der Waals surface area contributed by atoms with Crippen LogP contribution in [0.25, 0.3) is 0 Å². The van der Waals surface area contributed by atoms with Gasteiger partial charge in [-0.15, -0.1) is 0 Å². The zero-order chi connectivity index (χ0) is 14.4. The third-order valence-corrected chi connectivity index (χ3v) is 3.21. The molecule has 102 valence electrons. The first-order valence-corrected chi connectivity index (χ1v) is 5.58. The van der Waals surface area contributed by atoms with Crippen LogP contribution < -0.4 is 0 Å². The van der Waals surface area contributed by atoms with Crippen LogP contribution in [0, 0.1) is 6.92 Å². The van der Waals surface area contributed by atoms with Crippen LogP contribution in [0.2, 0.25) is 0 Å². The SMILES string of the molecule is CC(=O)C1(C(F)(F)F)Cc2cc(C)ccc2C(=O)O1. The predicted octanol–water partition coefficient (Wildman–Crippen LogP) is 2.60. The van der Waals surface area contributed by atoms with Crippen LogP contribution in [0.15, 0.2) is 18.2 Å². The molecular formula is C13H11F3O3. The Bertz CT molecular complexity index is 563. The Hall–Kier alpha value is -1.85. The fraction of sp³-hybridized carbons (Fsp3) is 0.385.